The van der Waals surface area contributed by atoms with Crippen LogP contribution < -0.4 is 14.8 Å². The third-order valence-electron chi connectivity index (χ3n) is 6.49. The Morgan fingerprint density at radius 1 is 0.854 bits per heavy atom. The fraction of sp³-hybridized carbons (Fsp3) is 0.0938. The second-order valence-electron chi connectivity index (χ2n) is 9.09. The van der Waals surface area contributed by atoms with E-state index in [1.165, 1.54) is 11.8 Å². The van der Waals surface area contributed by atoms with Crippen molar-refractivity contribution in [3.05, 3.63) is 103 Å². The molecule has 0 aliphatic carbocycles. The zero-order valence-electron chi connectivity index (χ0n) is 22.4. The van der Waals surface area contributed by atoms with E-state index in [1.807, 2.05) is 102 Å². The van der Waals surface area contributed by atoms with Gasteiger partial charge in [-0.2, -0.15) is 0 Å². The topological polar surface area (TPSA) is 78.3 Å². The van der Waals surface area contributed by atoms with Crippen molar-refractivity contribution < 1.29 is 14.3 Å². The summed E-state index contributed by atoms with van der Waals surface area (Å²) in [6, 6.07) is 31.5. The first-order chi connectivity index (χ1) is 20.1. The normalized spacial score (nSPS) is 11.0. The maximum atomic E-state index is 12.9. The highest BCUT2D eigenvalue weighted by atomic mass is 32.2. The average Bonchev–Trinajstić information content (AvgIpc) is 3.65. The quantitative estimate of drug-likeness (QED) is 0.178. The number of carbonyl (C=O) groups excluding carboxylic acids is 1. The van der Waals surface area contributed by atoms with Crippen LogP contribution in [0.4, 0.5) is 5.69 Å². The number of benzene rings is 4. The number of rotatable bonds is 9. The van der Waals surface area contributed by atoms with Gasteiger partial charge in [0, 0.05) is 22.5 Å². The molecule has 41 heavy (non-hydrogen) atoms. The van der Waals surface area contributed by atoms with E-state index in [1.54, 1.807) is 25.6 Å². The van der Waals surface area contributed by atoms with Crippen molar-refractivity contribution >= 4 is 44.9 Å². The van der Waals surface area contributed by atoms with Crippen LogP contribution in [0.15, 0.2) is 108 Å². The van der Waals surface area contributed by atoms with Crippen LogP contribution in [0.2, 0.25) is 0 Å². The van der Waals surface area contributed by atoms with Gasteiger partial charge in [-0.15, -0.1) is 11.3 Å². The number of amides is 1. The number of thiazole rings is 1. The van der Waals surface area contributed by atoms with E-state index in [2.05, 4.69) is 16.4 Å². The molecule has 6 aromatic rings. The summed E-state index contributed by atoms with van der Waals surface area (Å²) in [4.78, 5) is 22.3. The number of ether oxygens (including phenoxy) is 2. The number of hydrogen-bond donors (Lipinski definition) is 1. The van der Waals surface area contributed by atoms with Crippen LogP contribution in [-0.4, -0.2) is 40.4 Å². The predicted octanol–water partition coefficient (Wildman–Crippen LogP) is 7.56. The van der Waals surface area contributed by atoms with E-state index < -0.39 is 0 Å². The van der Waals surface area contributed by atoms with E-state index >= 15 is 0 Å². The summed E-state index contributed by atoms with van der Waals surface area (Å²) in [7, 11) is 3.29. The summed E-state index contributed by atoms with van der Waals surface area (Å²) in [6.07, 6.45) is 1.83. The minimum atomic E-state index is -0.113. The zero-order valence-corrected chi connectivity index (χ0v) is 24.0. The van der Waals surface area contributed by atoms with Crippen LogP contribution in [0.3, 0.4) is 0 Å². The van der Waals surface area contributed by atoms with E-state index in [4.69, 9.17) is 14.5 Å². The number of para-hydroxylation sites is 1. The number of fused-ring (bicyclic) bond motifs is 1. The van der Waals surface area contributed by atoms with Gasteiger partial charge < -0.3 is 14.8 Å². The third kappa shape index (κ3) is 5.82. The van der Waals surface area contributed by atoms with Gasteiger partial charge in [0.05, 0.1) is 42.1 Å². The van der Waals surface area contributed by atoms with E-state index in [0.717, 1.165) is 54.9 Å². The molecule has 0 saturated carbocycles. The molecule has 0 unspecified atom stereocenters. The molecule has 0 atom stereocenters. The lowest BCUT2D eigenvalue weighted by Crippen LogP contribution is -2.14. The molecule has 0 fully saturated rings. The molecule has 4 aromatic carbocycles. The van der Waals surface area contributed by atoms with Crippen molar-refractivity contribution in [2.24, 2.45) is 0 Å². The summed E-state index contributed by atoms with van der Waals surface area (Å²) in [6.45, 7) is 0. The molecule has 1 amide bonds. The molecule has 1 N–H and O–H groups in total. The number of carbonyl (C=O) groups is 1. The Morgan fingerprint density at radius 3 is 2.20 bits per heavy atom. The summed E-state index contributed by atoms with van der Waals surface area (Å²) in [5, 5.41) is 4.67. The standard InChI is InChI=1S/C32H26N4O3S2/c1-38-25-15-9-21(10-16-25)28-19-33-32(36(28)24-13-17-26(39-2)18-14-24)40-20-30(37)34-23-11-7-22(8-12-23)31-35-27-5-3-4-6-29(27)41-31/h3-19H,20H2,1-2H3,(H,34,37). The number of thioether (sulfide) groups is 1. The van der Waals surface area contributed by atoms with E-state index in [0.29, 0.717) is 5.16 Å². The van der Waals surface area contributed by atoms with Crippen LogP contribution in [0.5, 0.6) is 11.5 Å². The molecule has 7 nitrogen and oxygen atoms in total. The van der Waals surface area contributed by atoms with Gasteiger partial charge in [0.2, 0.25) is 5.91 Å². The third-order valence-corrected chi connectivity index (χ3v) is 8.53. The summed E-state index contributed by atoms with van der Waals surface area (Å²) in [5.74, 6) is 1.64. The lowest BCUT2D eigenvalue weighted by molar-refractivity contribution is -0.113. The van der Waals surface area contributed by atoms with Gasteiger partial charge in [-0.1, -0.05) is 23.9 Å². The first-order valence-corrected chi connectivity index (χ1v) is 14.7. The number of imidazole rings is 1. The van der Waals surface area contributed by atoms with E-state index in [9.17, 15) is 4.79 Å². The van der Waals surface area contributed by atoms with Crippen molar-refractivity contribution in [3.63, 3.8) is 0 Å². The monoisotopic (exact) mass is 578 g/mol. The van der Waals surface area contributed by atoms with Crippen LogP contribution >= 0.6 is 23.1 Å². The minimum Gasteiger partial charge on any atom is -0.497 e. The van der Waals surface area contributed by atoms with Gasteiger partial charge in [-0.3, -0.25) is 9.36 Å². The number of aromatic nitrogens is 3. The largest absolute Gasteiger partial charge is 0.497 e. The smallest absolute Gasteiger partial charge is 0.234 e. The van der Waals surface area contributed by atoms with Gasteiger partial charge in [-0.05, 0) is 84.9 Å². The number of anilines is 1. The zero-order chi connectivity index (χ0) is 28.2. The van der Waals surface area contributed by atoms with Crippen molar-refractivity contribution in [2.45, 2.75) is 5.16 Å². The van der Waals surface area contributed by atoms with Crippen molar-refractivity contribution in [2.75, 3.05) is 25.3 Å². The molecule has 0 saturated heterocycles. The molecule has 0 aliphatic heterocycles. The number of methoxy groups -OCH3 is 2. The van der Waals surface area contributed by atoms with Crippen LogP contribution in [0.25, 0.3) is 37.7 Å². The second-order valence-corrected chi connectivity index (χ2v) is 11.1. The molecule has 0 spiro atoms. The SMILES string of the molecule is COc1ccc(-c2cnc(SCC(=O)Nc3ccc(-c4nc5ccccc5s4)cc3)n2-c2ccc(OC)cc2)cc1. The van der Waals surface area contributed by atoms with Crippen LogP contribution in [-0.2, 0) is 4.79 Å². The van der Waals surface area contributed by atoms with Gasteiger partial charge in [-0.25, -0.2) is 9.97 Å². The van der Waals surface area contributed by atoms with Gasteiger partial charge >= 0.3 is 0 Å². The number of nitrogens with zero attached hydrogens (tertiary/aromatic N) is 3. The highest BCUT2D eigenvalue weighted by molar-refractivity contribution is 7.99. The Morgan fingerprint density at radius 2 is 1.51 bits per heavy atom. The van der Waals surface area contributed by atoms with Gasteiger partial charge in [0.25, 0.3) is 0 Å². The fourth-order valence-electron chi connectivity index (χ4n) is 4.40. The maximum Gasteiger partial charge on any atom is 0.234 e. The van der Waals surface area contributed by atoms with Crippen molar-refractivity contribution in [1.82, 2.24) is 14.5 Å². The minimum absolute atomic E-state index is 0.113. The highest BCUT2D eigenvalue weighted by Crippen LogP contribution is 2.33. The van der Waals surface area contributed by atoms with Gasteiger partial charge in [0.1, 0.15) is 16.5 Å². The molecule has 2 aromatic heterocycles. The highest BCUT2D eigenvalue weighted by Gasteiger charge is 2.16. The fourth-order valence-corrected chi connectivity index (χ4v) is 6.17. The Bertz CT molecular complexity index is 1760. The number of nitrogens with one attached hydrogen (secondary N) is 1. The molecular weight excluding hydrogens is 553 g/mol. The lowest BCUT2D eigenvalue weighted by Gasteiger charge is -2.13. The molecule has 0 bridgehead atoms. The maximum absolute atomic E-state index is 12.9. The molecule has 2 heterocycles. The van der Waals surface area contributed by atoms with Crippen molar-refractivity contribution in [3.8, 4) is 39.0 Å². The molecule has 9 heteroatoms. The Balaban J connectivity index is 1.18. The Labute approximate surface area is 245 Å². The summed E-state index contributed by atoms with van der Waals surface area (Å²) >= 11 is 3.04. The summed E-state index contributed by atoms with van der Waals surface area (Å²) < 4.78 is 13.9. The van der Waals surface area contributed by atoms with Crippen LogP contribution in [0, 0.1) is 0 Å². The summed E-state index contributed by atoms with van der Waals surface area (Å²) in [5.41, 5.74) is 5.56. The average molecular weight is 579 g/mol. The molecule has 6 rings (SSSR count). The second kappa shape index (κ2) is 11.9. The Hall–Kier alpha value is -4.60. The van der Waals surface area contributed by atoms with Gasteiger partial charge in [0.15, 0.2) is 5.16 Å². The van der Waals surface area contributed by atoms with Crippen LogP contribution in [0.1, 0.15) is 0 Å². The lowest BCUT2D eigenvalue weighted by atomic mass is 10.1. The van der Waals surface area contributed by atoms with E-state index in [-0.39, 0.29) is 11.7 Å². The predicted molar refractivity (Wildman–Crippen MR) is 167 cm³/mol. The first kappa shape index (κ1) is 26.6. The molecular formula is C32H26N4O3S2. The molecule has 0 aliphatic rings. The van der Waals surface area contributed by atoms with Crippen molar-refractivity contribution in [1.29, 1.82) is 0 Å². The molecule has 204 valence electrons. The molecule has 0 radical (unpaired) electrons. The number of hydrogen-bond acceptors (Lipinski definition) is 7. The Kier molecular flexibility index (Phi) is 7.71. The first-order valence-electron chi connectivity index (χ1n) is 12.9.